The van der Waals surface area contributed by atoms with Crippen molar-refractivity contribution in [3.63, 3.8) is 0 Å². The highest BCUT2D eigenvalue weighted by molar-refractivity contribution is 5.95. The Bertz CT molecular complexity index is 401. The molecule has 1 aliphatic carbocycles. The van der Waals surface area contributed by atoms with Crippen LogP contribution in [0.15, 0.2) is 18.3 Å². The molecule has 1 saturated carbocycles. The van der Waals surface area contributed by atoms with E-state index in [9.17, 15) is 4.79 Å². The summed E-state index contributed by atoms with van der Waals surface area (Å²) in [5.74, 6) is 0.872. The van der Waals surface area contributed by atoms with Gasteiger partial charge in [-0.1, -0.05) is 6.92 Å². The summed E-state index contributed by atoms with van der Waals surface area (Å²) in [6.45, 7) is 2.95. The molecular weight excluding hydrogens is 214 g/mol. The van der Waals surface area contributed by atoms with E-state index in [-0.39, 0.29) is 5.91 Å². The highest BCUT2D eigenvalue weighted by atomic mass is 16.2. The summed E-state index contributed by atoms with van der Waals surface area (Å²) in [6.07, 6.45) is 4.98. The summed E-state index contributed by atoms with van der Waals surface area (Å²) in [5, 5.41) is 2.96. The van der Waals surface area contributed by atoms with Gasteiger partial charge in [-0.25, -0.2) is 4.98 Å². The van der Waals surface area contributed by atoms with Crippen molar-refractivity contribution < 1.29 is 4.79 Å². The number of hydrogen-bond donors (Lipinski definition) is 1. The van der Waals surface area contributed by atoms with E-state index >= 15 is 0 Å². The lowest BCUT2D eigenvalue weighted by molar-refractivity contribution is 0.0743. The molecule has 1 aromatic heterocycles. The first kappa shape index (κ1) is 11.9. The molecule has 1 amide bonds. The van der Waals surface area contributed by atoms with Crippen LogP contribution in [0.25, 0.3) is 0 Å². The Balaban J connectivity index is 2.15. The van der Waals surface area contributed by atoms with Gasteiger partial charge in [0.05, 0.1) is 0 Å². The lowest BCUT2D eigenvalue weighted by Crippen LogP contribution is -2.33. The minimum atomic E-state index is 0.133. The van der Waals surface area contributed by atoms with Crippen LogP contribution < -0.4 is 5.32 Å². The molecule has 17 heavy (non-hydrogen) atoms. The minimum Gasteiger partial charge on any atom is -0.373 e. The second-order valence-corrected chi connectivity index (χ2v) is 4.41. The van der Waals surface area contributed by atoms with Crippen LogP contribution in [0.2, 0.25) is 0 Å². The monoisotopic (exact) mass is 233 g/mol. The van der Waals surface area contributed by atoms with Gasteiger partial charge in [-0.2, -0.15) is 0 Å². The van der Waals surface area contributed by atoms with Crippen molar-refractivity contribution in [2.45, 2.75) is 32.2 Å². The summed E-state index contributed by atoms with van der Waals surface area (Å²) in [7, 11) is 1.81. The molecule has 1 N–H and O–H groups in total. The molecule has 0 unspecified atom stereocenters. The second kappa shape index (κ2) is 5.17. The standard InChI is InChI=1S/C13H19N3O/c1-3-8-16(11-4-5-11)13(17)10-6-7-15-12(9-10)14-2/h6-7,9,11H,3-5,8H2,1-2H3,(H,14,15). The number of anilines is 1. The third-order valence-corrected chi connectivity index (χ3v) is 2.98. The van der Waals surface area contributed by atoms with Crippen LogP contribution in [0.1, 0.15) is 36.5 Å². The van der Waals surface area contributed by atoms with E-state index < -0.39 is 0 Å². The number of aromatic nitrogens is 1. The van der Waals surface area contributed by atoms with Gasteiger partial charge in [-0.15, -0.1) is 0 Å². The maximum Gasteiger partial charge on any atom is 0.254 e. The summed E-state index contributed by atoms with van der Waals surface area (Å²) in [4.78, 5) is 18.5. The molecule has 1 aliphatic rings. The molecule has 0 bridgehead atoms. The Morgan fingerprint density at radius 3 is 2.94 bits per heavy atom. The quantitative estimate of drug-likeness (QED) is 0.847. The summed E-state index contributed by atoms with van der Waals surface area (Å²) >= 11 is 0. The Hall–Kier alpha value is -1.58. The number of nitrogens with one attached hydrogen (secondary N) is 1. The van der Waals surface area contributed by atoms with Gasteiger partial charge in [-0.3, -0.25) is 4.79 Å². The third-order valence-electron chi connectivity index (χ3n) is 2.98. The second-order valence-electron chi connectivity index (χ2n) is 4.41. The highest BCUT2D eigenvalue weighted by Crippen LogP contribution is 2.28. The van der Waals surface area contributed by atoms with Crippen molar-refractivity contribution in [2.24, 2.45) is 0 Å². The predicted octanol–water partition coefficient (Wildman–Crippen LogP) is 2.14. The fraction of sp³-hybridized carbons (Fsp3) is 0.538. The number of rotatable bonds is 5. The fourth-order valence-corrected chi connectivity index (χ4v) is 1.94. The van der Waals surface area contributed by atoms with Gasteiger partial charge in [-0.05, 0) is 31.4 Å². The largest absolute Gasteiger partial charge is 0.373 e. The number of amides is 1. The molecule has 0 radical (unpaired) electrons. The number of pyridine rings is 1. The average Bonchev–Trinajstić information content (AvgIpc) is 3.19. The average molecular weight is 233 g/mol. The molecule has 1 aromatic rings. The zero-order valence-corrected chi connectivity index (χ0v) is 10.4. The number of hydrogen-bond acceptors (Lipinski definition) is 3. The zero-order chi connectivity index (χ0) is 12.3. The van der Waals surface area contributed by atoms with Gasteiger partial charge in [0.1, 0.15) is 5.82 Å². The molecule has 4 nitrogen and oxygen atoms in total. The maximum absolute atomic E-state index is 12.4. The van der Waals surface area contributed by atoms with Crippen LogP contribution in [0.5, 0.6) is 0 Å². The van der Waals surface area contributed by atoms with Crippen LogP contribution in [-0.4, -0.2) is 35.4 Å². The summed E-state index contributed by atoms with van der Waals surface area (Å²) in [6, 6.07) is 4.07. The maximum atomic E-state index is 12.4. The third kappa shape index (κ3) is 2.75. The number of nitrogens with zero attached hydrogens (tertiary/aromatic N) is 2. The molecular formula is C13H19N3O. The van der Waals surface area contributed by atoms with Crippen molar-refractivity contribution in [2.75, 3.05) is 18.9 Å². The lowest BCUT2D eigenvalue weighted by Gasteiger charge is -2.21. The van der Waals surface area contributed by atoms with Crippen molar-refractivity contribution in [1.82, 2.24) is 9.88 Å². The molecule has 0 aromatic carbocycles. The van der Waals surface area contributed by atoms with Crippen molar-refractivity contribution in [3.8, 4) is 0 Å². The van der Waals surface area contributed by atoms with Crippen LogP contribution in [0.3, 0.4) is 0 Å². The minimum absolute atomic E-state index is 0.133. The van der Waals surface area contributed by atoms with Crippen LogP contribution >= 0.6 is 0 Å². The molecule has 2 rings (SSSR count). The number of carbonyl (C=O) groups excluding carboxylic acids is 1. The predicted molar refractivity (Wildman–Crippen MR) is 68.1 cm³/mol. The van der Waals surface area contributed by atoms with Crippen LogP contribution in [0.4, 0.5) is 5.82 Å². The molecule has 0 spiro atoms. The number of carbonyl (C=O) groups is 1. The van der Waals surface area contributed by atoms with Crippen molar-refractivity contribution in [3.05, 3.63) is 23.9 Å². The summed E-state index contributed by atoms with van der Waals surface area (Å²) < 4.78 is 0. The van der Waals surface area contributed by atoms with E-state index in [1.54, 1.807) is 19.3 Å². The van der Waals surface area contributed by atoms with E-state index in [0.717, 1.165) is 37.2 Å². The Morgan fingerprint density at radius 1 is 1.59 bits per heavy atom. The van der Waals surface area contributed by atoms with Gasteiger partial charge >= 0.3 is 0 Å². The molecule has 92 valence electrons. The molecule has 0 atom stereocenters. The molecule has 1 heterocycles. The zero-order valence-electron chi connectivity index (χ0n) is 10.4. The molecule has 0 aliphatic heterocycles. The topological polar surface area (TPSA) is 45.2 Å². The van der Waals surface area contributed by atoms with Crippen LogP contribution in [-0.2, 0) is 0 Å². The van der Waals surface area contributed by atoms with E-state index in [1.807, 2.05) is 11.0 Å². The Morgan fingerprint density at radius 2 is 2.35 bits per heavy atom. The van der Waals surface area contributed by atoms with E-state index in [0.29, 0.717) is 6.04 Å². The summed E-state index contributed by atoms with van der Waals surface area (Å²) in [5.41, 5.74) is 0.727. The van der Waals surface area contributed by atoms with Crippen LogP contribution in [0, 0.1) is 0 Å². The van der Waals surface area contributed by atoms with Crippen molar-refractivity contribution in [1.29, 1.82) is 0 Å². The Labute approximate surface area is 102 Å². The van der Waals surface area contributed by atoms with Gasteiger partial charge in [0, 0.05) is 31.4 Å². The first-order chi connectivity index (χ1) is 8.26. The molecule has 4 heteroatoms. The first-order valence-electron chi connectivity index (χ1n) is 6.21. The van der Waals surface area contributed by atoms with Gasteiger partial charge < -0.3 is 10.2 Å². The van der Waals surface area contributed by atoms with E-state index in [1.165, 1.54) is 0 Å². The van der Waals surface area contributed by atoms with E-state index in [2.05, 4.69) is 17.2 Å². The van der Waals surface area contributed by atoms with Gasteiger partial charge in [0.25, 0.3) is 5.91 Å². The smallest absolute Gasteiger partial charge is 0.254 e. The fourth-order valence-electron chi connectivity index (χ4n) is 1.94. The molecule has 1 fully saturated rings. The van der Waals surface area contributed by atoms with E-state index in [4.69, 9.17) is 0 Å². The molecule has 0 saturated heterocycles. The first-order valence-corrected chi connectivity index (χ1v) is 6.21. The SMILES string of the molecule is CCCN(C(=O)c1ccnc(NC)c1)C1CC1. The van der Waals surface area contributed by atoms with Crippen molar-refractivity contribution >= 4 is 11.7 Å². The Kier molecular flexibility index (Phi) is 3.61. The van der Waals surface area contributed by atoms with Gasteiger partial charge in [0.15, 0.2) is 0 Å². The highest BCUT2D eigenvalue weighted by Gasteiger charge is 2.32. The lowest BCUT2D eigenvalue weighted by atomic mass is 10.2. The van der Waals surface area contributed by atoms with Gasteiger partial charge in [0.2, 0.25) is 0 Å². The normalized spacial score (nSPS) is 14.5.